The summed E-state index contributed by atoms with van der Waals surface area (Å²) in [5.41, 5.74) is 6.42. The van der Waals surface area contributed by atoms with Gasteiger partial charge in [0, 0.05) is 17.6 Å². The van der Waals surface area contributed by atoms with Crippen LogP contribution in [0.5, 0.6) is 5.75 Å². The molecule has 0 bridgehead atoms. The molecule has 0 saturated carbocycles. The summed E-state index contributed by atoms with van der Waals surface area (Å²) >= 11 is 4.16. The van der Waals surface area contributed by atoms with Crippen molar-refractivity contribution in [3.8, 4) is 5.75 Å². The molecule has 0 aliphatic heterocycles. The fourth-order valence-corrected chi connectivity index (χ4v) is 1.32. The number of phenolic OH excluding ortho intramolecular Hbond substituents is 1. The van der Waals surface area contributed by atoms with Crippen LogP contribution in [0.15, 0.2) is 23.1 Å². The second-order valence-corrected chi connectivity index (χ2v) is 3.32. The van der Waals surface area contributed by atoms with E-state index in [4.69, 9.17) is 10.5 Å². The van der Waals surface area contributed by atoms with Gasteiger partial charge in [-0.3, -0.25) is 0 Å². The van der Waals surface area contributed by atoms with E-state index in [2.05, 4.69) is 12.6 Å². The number of ether oxygens (including phenoxy) is 1. The third-order valence-corrected chi connectivity index (χ3v) is 2.03. The standard InChI is InChI=1S/C9H13NO2S/c1-12-5-8(10)7-4-6(13)2-3-9(7)11/h2-4,8,11,13H,5,10H2,1H3/t8-/m1/s1. The van der Waals surface area contributed by atoms with Crippen molar-refractivity contribution >= 4 is 12.6 Å². The average molecular weight is 199 g/mol. The maximum Gasteiger partial charge on any atom is 0.120 e. The van der Waals surface area contributed by atoms with Crippen molar-refractivity contribution in [3.05, 3.63) is 23.8 Å². The number of rotatable bonds is 3. The van der Waals surface area contributed by atoms with Gasteiger partial charge in [0.05, 0.1) is 12.6 Å². The fraction of sp³-hybridized carbons (Fsp3) is 0.333. The number of aromatic hydroxyl groups is 1. The molecule has 0 aromatic heterocycles. The van der Waals surface area contributed by atoms with E-state index >= 15 is 0 Å². The molecule has 0 saturated heterocycles. The van der Waals surface area contributed by atoms with Gasteiger partial charge in [-0.25, -0.2) is 0 Å². The number of hydrogen-bond acceptors (Lipinski definition) is 4. The molecule has 0 fully saturated rings. The van der Waals surface area contributed by atoms with Crippen LogP contribution in [0.25, 0.3) is 0 Å². The Kier molecular flexibility index (Phi) is 3.59. The Labute approximate surface area is 82.9 Å². The molecule has 0 aliphatic rings. The van der Waals surface area contributed by atoms with Crippen molar-refractivity contribution in [1.29, 1.82) is 0 Å². The summed E-state index contributed by atoms with van der Waals surface area (Å²) in [5, 5.41) is 9.46. The van der Waals surface area contributed by atoms with Crippen LogP contribution in [0.4, 0.5) is 0 Å². The molecule has 0 heterocycles. The molecular formula is C9H13NO2S. The third-order valence-electron chi connectivity index (χ3n) is 1.76. The lowest BCUT2D eigenvalue weighted by Gasteiger charge is -2.12. The van der Waals surface area contributed by atoms with E-state index in [0.717, 1.165) is 4.90 Å². The highest BCUT2D eigenvalue weighted by Gasteiger charge is 2.10. The van der Waals surface area contributed by atoms with E-state index in [0.29, 0.717) is 12.2 Å². The molecule has 72 valence electrons. The molecule has 0 unspecified atom stereocenters. The summed E-state index contributed by atoms with van der Waals surface area (Å²) in [6.45, 7) is 0.380. The summed E-state index contributed by atoms with van der Waals surface area (Å²) in [6.07, 6.45) is 0. The second kappa shape index (κ2) is 4.50. The zero-order valence-electron chi connectivity index (χ0n) is 7.40. The summed E-state index contributed by atoms with van der Waals surface area (Å²) in [5.74, 6) is 0.183. The minimum Gasteiger partial charge on any atom is -0.508 e. The van der Waals surface area contributed by atoms with Crippen molar-refractivity contribution in [3.63, 3.8) is 0 Å². The minimum atomic E-state index is -0.308. The molecule has 1 atom stereocenters. The SMILES string of the molecule is COC[C@@H](N)c1cc(S)ccc1O. The molecule has 13 heavy (non-hydrogen) atoms. The van der Waals surface area contributed by atoms with Gasteiger partial charge >= 0.3 is 0 Å². The molecule has 0 amide bonds. The van der Waals surface area contributed by atoms with Gasteiger partial charge in [-0.2, -0.15) is 0 Å². The lowest BCUT2D eigenvalue weighted by atomic mass is 10.1. The first-order valence-electron chi connectivity index (χ1n) is 3.91. The van der Waals surface area contributed by atoms with E-state index in [-0.39, 0.29) is 11.8 Å². The number of phenols is 1. The largest absolute Gasteiger partial charge is 0.508 e. The molecule has 4 heteroatoms. The second-order valence-electron chi connectivity index (χ2n) is 2.80. The Morgan fingerprint density at radius 3 is 2.92 bits per heavy atom. The van der Waals surface area contributed by atoms with Gasteiger partial charge in [-0.15, -0.1) is 12.6 Å². The quantitative estimate of drug-likeness (QED) is 0.644. The van der Waals surface area contributed by atoms with E-state index in [1.807, 2.05) is 0 Å². The van der Waals surface area contributed by atoms with Crippen LogP contribution in [-0.4, -0.2) is 18.8 Å². The smallest absolute Gasteiger partial charge is 0.120 e. The number of methoxy groups -OCH3 is 1. The van der Waals surface area contributed by atoms with Gasteiger partial charge in [-0.1, -0.05) is 0 Å². The van der Waals surface area contributed by atoms with Crippen LogP contribution in [-0.2, 0) is 4.74 Å². The van der Waals surface area contributed by atoms with E-state index in [9.17, 15) is 5.11 Å². The lowest BCUT2D eigenvalue weighted by Crippen LogP contribution is -2.16. The third kappa shape index (κ3) is 2.62. The Hall–Kier alpha value is -0.710. The molecular weight excluding hydrogens is 186 g/mol. The van der Waals surface area contributed by atoms with Crippen molar-refractivity contribution in [1.82, 2.24) is 0 Å². The summed E-state index contributed by atoms with van der Waals surface area (Å²) in [6, 6.07) is 4.72. The predicted octanol–water partition coefficient (Wildman–Crippen LogP) is 1.33. The monoisotopic (exact) mass is 199 g/mol. The van der Waals surface area contributed by atoms with Crippen LogP contribution < -0.4 is 5.73 Å². The van der Waals surface area contributed by atoms with Gasteiger partial charge in [0.25, 0.3) is 0 Å². The highest BCUT2D eigenvalue weighted by atomic mass is 32.1. The molecule has 1 aromatic carbocycles. The molecule has 3 N–H and O–H groups in total. The first kappa shape index (κ1) is 10.4. The fourth-order valence-electron chi connectivity index (χ4n) is 1.11. The summed E-state index contributed by atoms with van der Waals surface area (Å²) in [4.78, 5) is 0.777. The van der Waals surface area contributed by atoms with Crippen LogP contribution in [0.3, 0.4) is 0 Å². The summed E-state index contributed by atoms with van der Waals surface area (Å²) in [7, 11) is 1.57. The first-order valence-corrected chi connectivity index (χ1v) is 4.36. The minimum absolute atomic E-state index is 0.183. The van der Waals surface area contributed by atoms with Gasteiger partial charge in [0.1, 0.15) is 5.75 Å². The molecule has 0 aliphatic carbocycles. The lowest BCUT2D eigenvalue weighted by molar-refractivity contribution is 0.179. The molecule has 1 rings (SSSR count). The molecule has 0 radical (unpaired) electrons. The van der Waals surface area contributed by atoms with Gasteiger partial charge in [0.2, 0.25) is 0 Å². The number of thiol groups is 1. The van der Waals surface area contributed by atoms with Crippen molar-refractivity contribution in [2.24, 2.45) is 5.73 Å². The van der Waals surface area contributed by atoms with Crippen LogP contribution >= 0.6 is 12.6 Å². The van der Waals surface area contributed by atoms with Crippen LogP contribution in [0.2, 0.25) is 0 Å². The van der Waals surface area contributed by atoms with Gasteiger partial charge < -0.3 is 15.6 Å². The Balaban J connectivity index is 2.91. The molecule has 3 nitrogen and oxygen atoms in total. The Morgan fingerprint density at radius 1 is 1.62 bits per heavy atom. The number of hydrogen-bond donors (Lipinski definition) is 3. The van der Waals surface area contributed by atoms with Crippen molar-refractivity contribution in [2.75, 3.05) is 13.7 Å². The topological polar surface area (TPSA) is 55.5 Å². The van der Waals surface area contributed by atoms with E-state index in [1.165, 1.54) is 0 Å². The zero-order chi connectivity index (χ0) is 9.84. The van der Waals surface area contributed by atoms with Crippen LogP contribution in [0, 0.1) is 0 Å². The molecule has 1 aromatic rings. The maximum absolute atomic E-state index is 9.46. The maximum atomic E-state index is 9.46. The van der Waals surface area contributed by atoms with E-state index in [1.54, 1.807) is 25.3 Å². The highest BCUT2D eigenvalue weighted by Crippen LogP contribution is 2.25. The number of nitrogens with two attached hydrogens (primary N) is 1. The summed E-state index contributed by atoms with van der Waals surface area (Å²) < 4.78 is 4.89. The van der Waals surface area contributed by atoms with Gasteiger partial charge in [-0.05, 0) is 18.2 Å². The van der Waals surface area contributed by atoms with Gasteiger partial charge in [0.15, 0.2) is 0 Å². The highest BCUT2D eigenvalue weighted by molar-refractivity contribution is 7.80. The number of benzene rings is 1. The average Bonchev–Trinajstić information content (AvgIpc) is 2.09. The van der Waals surface area contributed by atoms with Crippen molar-refractivity contribution in [2.45, 2.75) is 10.9 Å². The van der Waals surface area contributed by atoms with Crippen molar-refractivity contribution < 1.29 is 9.84 Å². The Morgan fingerprint density at radius 2 is 2.31 bits per heavy atom. The Bertz CT molecular complexity index is 291. The van der Waals surface area contributed by atoms with Crippen LogP contribution in [0.1, 0.15) is 11.6 Å². The molecule has 0 spiro atoms. The van der Waals surface area contributed by atoms with E-state index < -0.39 is 0 Å². The normalized spacial score (nSPS) is 12.8. The zero-order valence-corrected chi connectivity index (χ0v) is 8.29. The first-order chi connectivity index (χ1) is 6.15. The predicted molar refractivity (Wildman–Crippen MR) is 54.2 cm³/mol.